The first-order valence-electron chi connectivity index (χ1n) is 17.4. The van der Waals surface area contributed by atoms with E-state index in [0.29, 0.717) is 42.1 Å². The smallest absolute Gasteiger partial charge is 0.371 e. The van der Waals surface area contributed by atoms with Gasteiger partial charge in [0, 0.05) is 66.7 Å². The lowest BCUT2D eigenvalue weighted by molar-refractivity contribution is -0.141. The predicted molar refractivity (Wildman–Crippen MR) is 203 cm³/mol. The molecule has 1 aliphatic rings. The van der Waals surface area contributed by atoms with Crippen molar-refractivity contribution in [1.29, 1.82) is 0 Å². The number of anilines is 2. The summed E-state index contributed by atoms with van der Waals surface area (Å²) in [5.41, 5.74) is 1.99. The van der Waals surface area contributed by atoms with Gasteiger partial charge in [-0.25, -0.2) is 4.98 Å². The molecule has 0 bridgehead atoms. The summed E-state index contributed by atoms with van der Waals surface area (Å²) in [4.78, 5) is 25.9. The second-order valence-corrected chi connectivity index (χ2v) is 14.1. The number of hydrogen-bond acceptors (Lipinski definition) is 6. The lowest BCUT2D eigenvalue weighted by Crippen LogP contribution is -2.41. The van der Waals surface area contributed by atoms with E-state index < -0.39 is 17.4 Å². The van der Waals surface area contributed by atoms with Gasteiger partial charge < -0.3 is 4.90 Å². The molecule has 1 aliphatic heterocycles. The van der Waals surface area contributed by atoms with Gasteiger partial charge >= 0.3 is 6.18 Å². The van der Waals surface area contributed by atoms with Crippen LogP contribution in [-0.2, 0) is 16.5 Å². The number of rotatable bonds is 8. The minimum Gasteiger partial charge on any atom is -0.371 e. The maximum Gasteiger partial charge on any atom is 0.435 e. The van der Waals surface area contributed by atoms with Crippen molar-refractivity contribution in [3.8, 4) is 11.1 Å². The zero-order chi connectivity index (χ0) is 36.6. The van der Waals surface area contributed by atoms with Crippen LogP contribution in [-0.4, -0.2) is 45.8 Å². The van der Waals surface area contributed by atoms with Gasteiger partial charge in [0.2, 0.25) is 5.91 Å². The van der Waals surface area contributed by atoms with Gasteiger partial charge in [-0.1, -0.05) is 97.1 Å². The average molecular weight is 729 g/mol. The highest BCUT2D eigenvalue weighted by Gasteiger charge is 2.44. The van der Waals surface area contributed by atoms with Crippen LogP contribution in [0.2, 0.25) is 0 Å². The maximum atomic E-state index is 15.1. The number of aromatic nitrogens is 4. The van der Waals surface area contributed by atoms with E-state index in [1.165, 1.54) is 22.2 Å². The minimum atomic E-state index is -4.75. The van der Waals surface area contributed by atoms with Crippen LogP contribution in [0.3, 0.4) is 0 Å². The molecule has 0 N–H and O–H groups in total. The van der Waals surface area contributed by atoms with Gasteiger partial charge in [0.05, 0.1) is 5.52 Å². The van der Waals surface area contributed by atoms with Crippen LogP contribution >= 0.6 is 11.3 Å². The first kappa shape index (κ1) is 34.3. The molecule has 0 aliphatic carbocycles. The Labute approximate surface area is 309 Å². The minimum absolute atomic E-state index is 0.0316. The fraction of sp³-hybridized carbons (Fsp3) is 0.190. The fourth-order valence-electron chi connectivity index (χ4n) is 7.59. The van der Waals surface area contributed by atoms with E-state index in [2.05, 4.69) is 20.0 Å². The molecule has 1 fully saturated rings. The number of carbonyl (C=O) groups is 1. The molecular formula is C42H35F3N6OS. The first-order valence-corrected chi connectivity index (χ1v) is 18.3. The van der Waals surface area contributed by atoms with Crippen molar-refractivity contribution in [1.82, 2.24) is 19.7 Å². The number of amides is 1. The molecule has 7 aromatic rings. The molecule has 8 rings (SSSR count). The van der Waals surface area contributed by atoms with Crippen LogP contribution in [0.1, 0.15) is 35.2 Å². The number of thiazole rings is 1. The molecule has 53 heavy (non-hydrogen) atoms. The summed E-state index contributed by atoms with van der Waals surface area (Å²) in [7, 11) is 1.76. The van der Waals surface area contributed by atoms with Gasteiger partial charge in [-0.3, -0.25) is 19.4 Å². The number of fused-ring (bicyclic) bond motifs is 1. The van der Waals surface area contributed by atoms with Crippen molar-refractivity contribution in [3.05, 3.63) is 162 Å². The lowest BCUT2D eigenvalue weighted by atomic mass is 9.77. The van der Waals surface area contributed by atoms with Crippen molar-refractivity contribution >= 4 is 39.0 Å². The molecule has 4 aromatic carbocycles. The molecule has 0 saturated carbocycles. The van der Waals surface area contributed by atoms with Crippen LogP contribution in [0.15, 0.2) is 139 Å². The summed E-state index contributed by atoms with van der Waals surface area (Å²) >= 11 is 1.42. The highest BCUT2D eigenvalue weighted by molar-refractivity contribution is 7.13. The second-order valence-electron chi connectivity index (χ2n) is 13.2. The number of hydrogen-bond donors (Lipinski definition) is 0. The van der Waals surface area contributed by atoms with E-state index in [-0.39, 0.29) is 17.4 Å². The van der Waals surface area contributed by atoms with E-state index >= 15 is 13.2 Å². The number of benzene rings is 4. The lowest BCUT2D eigenvalue weighted by Gasteiger charge is -2.36. The summed E-state index contributed by atoms with van der Waals surface area (Å²) in [6.45, 7) is 1.23. The molecule has 1 saturated heterocycles. The normalized spacial score (nSPS) is 14.1. The van der Waals surface area contributed by atoms with Gasteiger partial charge in [-0.15, -0.1) is 11.3 Å². The molecule has 7 nitrogen and oxygen atoms in total. The molecule has 0 radical (unpaired) electrons. The Kier molecular flexibility index (Phi) is 9.03. The Hall–Kier alpha value is -5.81. The zero-order valence-corrected chi connectivity index (χ0v) is 29.6. The Morgan fingerprint density at radius 1 is 0.792 bits per heavy atom. The maximum absolute atomic E-state index is 15.1. The summed E-state index contributed by atoms with van der Waals surface area (Å²) in [5.74, 6) is -0.112. The van der Waals surface area contributed by atoms with Crippen molar-refractivity contribution < 1.29 is 18.0 Å². The summed E-state index contributed by atoms with van der Waals surface area (Å²) in [5, 5.41) is 7.68. The molecular weight excluding hydrogens is 694 g/mol. The molecule has 0 spiro atoms. The van der Waals surface area contributed by atoms with E-state index in [0.717, 1.165) is 27.8 Å². The van der Waals surface area contributed by atoms with E-state index in [1.54, 1.807) is 42.5 Å². The molecule has 1 amide bonds. The van der Waals surface area contributed by atoms with Crippen molar-refractivity contribution in [3.63, 3.8) is 0 Å². The van der Waals surface area contributed by atoms with Gasteiger partial charge in [0.1, 0.15) is 5.54 Å². The number of alkyl halides is 3. The van der Waals surface area contributed by atoms with Gasteiger partial charge in [0.25, 0.3) is 0 Å². The Morgan fingerprint density at radius 2 is 1.40 bits per heavy atom. The number of halogens is 3. The topological polar surface area (TPSA) is 67.2 Å². The molecule has 11 heteroatoms. The fourth-order valence-corrected chi connectivity index (χ4v) is 8.21. The number of piperidine rings is 1. The third-order valence-corrected chi connectivity index (χ3v) is 11.0. The van der Waals surface area contributed by atoms with Crippen LogP contribution in [0.4, 0.5) is 24.0 Å². The molecule has 266 valence electrons. The Bertz CT molecular complexity index is 2240. The third kappa shape index (κ3) is 6.24. The zero-order valence-electron chi connectivity index (χ0n) is 28.8. The van der Waals surface area contributed by atoms with Gasteiger partial charge in [0.15, 0.2) is 10.8 Å². The van der Waals surface area contributed by atoms with Crippen molar-refractivity contribution in [2.45, 2.75) is 24.6 Å². The summed E-state index contributed by atoms with van der Waals surface area (Å²) in [6, 6.07) is 35.7. The monoisotopic (exact) mass is 728 g/mol. The van der Waals surface area contributed by atoms with Crippen LogP contribution in [0.5, 0.6) is 0 Å². The SMILES string of the molecule is CN(C(=O)C1CCN(c2ccnc3ccc(-c4cn(C(c5ccccc5)(c5ccccc5)c5ccccc5)nc4C(F)(F)F)cc23)CC1)c1nccs1. The predicted octanol–water partition coefficient (Wildman–Crippen LogP) is 9.29. The number of nitrogens with zero attached hydrogens (tertiary/aromatic N) is 6. The van der Waals surface area contributed by atoms with E-state index in [4.69, 9.17) is 0 Å². The van der Waals surface area contributed by atoms with Crippen LogP contribution < -0.4 is 9.80 Å². The Morgan fingerprint density at radius 3 is 1.94 bits per heavy atom. The Balaban J connectivity index is 1.22. The molecule has 4 heterocycles. The molecule has 3 aromatic heterocycles. The van der Waals surface area contributed by atoms with Crippen molar-refractivity contribution in [2.24, 2.45) is 5.92 Å². The summed E-state index contributed by atoms with van der Waals surface area (Å²) < 4.78 is 46.9. The second kappa shape index (κ2) is 14.0. The first-order chi connectivity index (χ1) is 25.7. The highest BCUT2D eigenvalue weighted by atomic mass is 32.1. The van der Waals surface area contributed by atoms with E-state index in [1.807, 2.05) is 102 Å². The van der Waals surface area contributed by atoms with Gasteiger partial charge in [-0.05, 0) is 53.3 Å². The number of carbonyl (C=O) groups excluding carboxylic acids is 1. The van der Waals surface area contributed by atoms with Crippen LogP contribution in [0, 0.1) is 5.92 Å². The molecule has 0 atom stereocenters. The summed E-state index contributed by atoms with van der Waals surface area (Å²) in [6.07, 6.45) is 1.47. The van der Waals surface area contributed by atoms with Gasteiger partial charge in [-0.2, -0.15) is 18.3 Å². The molecule has 0 unspecified atom stereocenters. The largest absolute Gasteiger partial charge is 0.435 e. The highest BCUT2D eigenvalue weighted by Crippen LogP contribution is 2.45. The van der Waals surface area contributed by atoms with E-state index in [9.17, 15) is 4.79 Å². The standard InChI is InChI=1S/C42H35F3N6OS/c1-49(40-47-23-26-53-40)39(52)29-20-24-50(25-21-29)37-19-22-46-36-18-17-30(27-34(36)37)35-28-51(48-38(35)42(43,44)45)41(31-11-5-2-6-12-31,32-13-7-3-8-14-32)33-15-9-4-10-16-33/h2-19,22-23,26-29H,20-21,24-25H2,1H3. The third-order valence-electron chi connectivity index (χ3n) is 10.2. The number of pyridine rings is 1. The van der Waals surface area contributed by atoms with Crippen LogP contribution in [0.25, 0.3) is 22.0 Å². The average Bonchev–Trinajstić information content (AvgIpc) is 3.91. The van der Waals surface area contributed by atoms with Crippen molar-refractivity contribution in [2.75, 3.05) is 29.9 Å². The quantitative estimate of drug-likeness (QED) is 0.146.